The summed E-state index contributed by atoms with van der Waals surface area (Å²) in [7, 11) is 0. The molecule has 7 heteroatoms. The molecule has 1 aliphatic rings. The van der Waals surface area contributed by atoms with E-state index in [1.807, 2.05) is 24.3 Å². The maximum Gasteiger partial charge on any atom is 0.347 e. The van der Waals surface area contributed by atoms with Gasteiger partial charge >= 0.3 is 11.9 Å². The van der Waals surface area contributed by atoms with Gasteiger partial charge in [0.1, 0.15) is 0 Å². The number of thiophene rings is 1. The van der Waals surface area contributed by atoms with E-state index in [0.29, 0.717) is 32.9 Å². The van der Waals surface area contributed by atoms with Gasteiger partial charge in [-0.1, -0.05) is 29.8 Å². The lowest BCUT2D eigenvalue weighted by Gasteiger charge is -2.11. The lowest BCUT2D eigenvalue weighted by atomic mass is 10.1. The van der Waals surface area contributed by atoms with Crippen LogP contribution in [0.2, 0.25) is 4.34 Å². The fourth-order valence-electron chi connectivity index (χ4n) is 2.70. The van der Waals surface area contributed by atoms with Gasteiger partial charge < -0.3 is 9.47 Å². The van der Waals surface area contributed by atoms with Crippen molar-refractivity contribution in [3.8, 4) is 10.6 Å². The van der Waals surface area contributed by atoms with Gasteiger partial charge in [-0.25, -0.2) is 14.6 Å². The molecule has 4 rings (SSSR count). The van der Waals surface area contributed by atoms with Gasteiger partial charge in [0.25, 0.3) is 0 Å². The van der Waals surface area contributed by atoms with Crippen LogP contribution in [0.3, 0.4) is 0 Å². The van der Waals surface area contributed by atoms with Crippen molar-refractivity contribution in [2.45, 2.75) is 12.5 Å². The van der Waals surface area contributed by atoms with Crippen molar-refractivity contribution in [3.63, 3.8) is 0 Å². The minimum absolute atomic E-state index is 0.271. The topological polar surface area (TPSA) is 65.5 Å². The van der Waals surface area contributed by atoms with E-state index in [2.05, 4.69) is 4.98 Å². The maximum atomic E-state index is 12.7. The Hall–Kier alpha value is -2.44. The third-order valence-electron chi connectivity index (χ3n) is 3.90. The number of aromatic nitrogens is 1. The Balaban J connectivity index is 1.78. The van der Waals surface area contributed by atoms with Gasteiger partial charge in [0.2, 0.25) is 6.10 Å². The Morgan fingerprint density at radius 2 is 2.12 bits per heavy atom. The zero-order valence-electron chi connectivity index (χ0n) is 12.9. The molecule has 0 spiro atoms. The fraction of sp³-hybridized carbons (Fsp3) is 0.167. The molecule has 1 atom stereocenters. The van der Waals surface area contributed by atoms with Gasteiger partial charge in [-0.2, -0.15) is 0 Å². The first-order valence-corrected chi connectivity index (χ1v) is 8.84. The second-order valence-electron chi connectivity index (χ2n) is 5.53. The second kappa shape index (κ2) is 6.46. The van der Waals surface area contributed by atoms with Crippen molar-refractivity contribution >= 4 is 45.8 Å². The third kappa shape index (κ3) is 3.10. The molecular weight excluding hydrogens is 362 g/mol. The molecule has 0 bridgehead atoms. The molecule has 5 nitrogen and oxygen atoms in total. The number of nitrogens with zero attached hydrogens (tertiary/aromatic N) is 1. The van der Waals surface area contributed by atoms with Crippen LogP contribution in [0.15, 0.2) is 42.5 Å². The zero-order chi connectivity index (χ0) is 17.4. The second-order valence-corrected chi connectivity index (χ2v) is 7.24. The minimum atomic E-state index is -0.848. The lowest BCUT2D eigenvalue weighted by Crippen LogP contribution is -2.22. The number of hydrogen-bond donors (Lipinski definition) is 0. The van der Waals surface area contributed by atoms with Crippen LogP contribution in [0.25, 0.3) is 21.5 Å². The number of ether oxygens (including phenoxy) is 2. The van der Waals surface area contributed by atoms with Crippen LogP contribution >= 0.6 is 22.9 Å². The molecule has 1 fully saturated rings. The lowest BCUT2D eigenvalue weighted by molar-refractivity contribution is -0.145. The van der Waals surface area contributed by atoms with Crippen molar-refractivity contribution in [1.82, 2.24) is 4.98 Å². The fourth-order valence-corrected chi connectivity index (χ4v) is 3.70. The van der Waals surface area contributed by atoms with Crippen molar-refractivity contribution in [3.05, 3.63) is 52.4 Å². The number of benzene rings is 1. The molecule has 25 heavy (non-hydrogen) atoms. The highest BCUT2D eigenvalue weighted by Crippen LogP contribution is 2.32. The van der Waals surface area contributed by atoms with Gasteiger partial charge in [0.05, 0.1) is 32.6 Å². The molecule has 1 aromatic carbocycles. The van der Waals surface area contributed by atoms with E-state index in [4.69, 9.17) is 21.1 Å². The van der Waals surface area contributed by atoms with Crippen molar-refractivity contribution in [1.29, 1.82) is 0 Å². The quantitative estimate of drug-likeness (QED) is 0.647. The summed E-state index contributed by atoms with van der Waals surface area (Å²) < 4.78 is 10.8. The van der Waals surface area contributed by atoms with Crippen molar-refractivity contribution in [2.75, 3.05) is 6.61 Å². The molecule has 126 valence electrons. The Labute approximate surface area is 152 Å². The van der Waals surface area contributed by atoms with Crippen LogP contribution < -0.4 is 0 Å². The van der Waals surface area contributed by atoms with E-state index in [-0.39, 0.29) is 6.61 Å². The van der Waals surface area contributed by atoms with Crippen LogP contribution in [0.5, 0.6) is 0 Å². The van der Waals surface area contributed by atoms with E-state index in [0.717, 1.165) is 4.88 Å². The summed E-state index contributed by atoms with van der Waals surface area (Å²) in [6, 6.07) is 12.6. The molecule has 1 saturated heterocycles. The highest BCUT2D eigenvalue weighted by molar-refractivity contribution is 7.19. The molecule has 0 saturated carbocycles. The van der Waals surface area contributed by atoms with Crippen LogP contribution in [-0.4, -0.2) is 29.6 Å². The van der Waals surface area contributed by atoms with Crippen molar-refractivity contribution in [2.24, 2.45) is 0 Å². The first-order valence-electron chi connectivity index (χ1n) is 7.65. The summed E-state index contributed by atoms with van der Waals surface area (Å²) in [4.78, 5) is 29.7. The molecule has 0 radical (unpaired) electrons. The van der Waals surface area contributed by atoms with Crippen LogP contribution in [0, 0.1) is 0 Å². The molecule has 0 unspecified atom stereocenters. The van der Waals surface area contributed by atoms with Gasteiger partial charge in [-0.15, -0.1) is 11.3 Å². The predicted molar refractivity (Wildman–Crippen MR) is 94.8 cm³/mol. The number of halogens is 1. The number of para-hydroxylation sites is 1. The normalized spacial score (nSPS) is 16.8. The predicted octanol–water partition coefficient (Wildman–Crippen LogP) is 4.09. The van der Waals surface area contributed by atoms with E-state index >= 15 is 0 Å². The molecule has 1 aliphatic heterocycles. The van der Waals surface area contributed by atoms with E-state index in [1.54, 1.807) is 18.2 Å². The number of carbonyl (C=O) groups excluding carboxylic acids is 2. The highest BCUT2D eigenvalue weighted by Gasteiger charge is 2.31. The third-order valence-corrected chi connectivity index (χ3v) is 5.15. The molecule has 0 aliphatic carbocycles. The van der Waals surface area contributed by atoms with Crippen LogP contribution in [0.4, 0.5) is 0 Å². The summed E-state index contributed by atoms with van der Waals surface area (Å²) >= 11 is 7.39. The minimum Gasteiger partial charge on any atom is -0.463 e. The molecule has 0 N–H and O–H groups in total. The molecular formula is C18H12ClNO4S. The van der Waals surface area contributed by atoms with Gasteiger partial charge in [0.15, 0.2) is 0 Å². The number of esters is 2. The first-order chi connectivity index (χ1) is 12.1. The molecule has 2 aromatic heterocycles. The monoisotopic (exact) mass is 373 g/mol. The summed E-state index contributed by atoms with van der Waals surface area (Å²) in [5.41, 5.74) is 1.67. The van der Waals surface area contributed by atoms with Crippen LogP contribution in [-0.2, 0) is 14.3 Å². The molecule has 3 aromatic rings. The number of rotatable bonds is 3. The van der Waals surface area contributed by atoms with Gasteiger partial charge in [-0.05, 0) is 24.3 Å². The number of pyridine rings is 1. The Bertz CT molecular complexity index is 984. The standard InChI is InChI=1S/C18H12ClNO4S/c19-16-6-5-15(25-16)13-9-11(10-3-1-2-4-12(10)20-13)17(21)24-14-7-8-23-18(14)22/h1-6,9,14H,7-8H2/t14-/m1/s1. The van der Waals surface area contributed by atoms with E-state index in [9.17, 15) is 9.59 Å². The molecule has 3 heterocycles. The maximum absolute atomic E-state index is 12.7. The van der Waals surface area contributed by atoms with Gasteiger partial charge in [0, 0.05) is 11.8 Å². The Morgan fingerprint density at radius 1 is 1.28 bits per heavy atom. The number of carbonyl (C=O) groups is 2. The summed E-state index contributed by atoms with van der Waals surface area (Å²) in [5.74, 6) is -1.07. The Kier molecular flexibility index (Phi) is 4.15. The van der Waals surface area contributed by atoms with Gasteiger partial charge in [-0.3, -0.25) is 0 Å². The zero-order valence-corrected chi connectivity index (χ0v) is 14.5. The number of cyclic esters (lactones) is 1. The smallest absolute Gasteiger partial charge is 0.347 e. The average molecular weight is 374 g/mol. The first kappa shape index (κ1) is 16.1. The van der Waals surface area contributed by atoms with E-state index in [1.165, 1.54) is 11.3 Å². The number of fused-ring (bicyclic) bond motifs is 1. The molecule has 0 amide bonds. The summed E-state index contributed by atoms with van der Waals surface area (Å²) in [5, 5.41) is 0.672. The van der Waals surface area contributed by atoms with Crippen molar-refractivity contribution < 1.29 is 19.1 Å². The summed E-state index contributed by atoms with van der Waals surface area (Å²) in [6.07, 6.45) is -0.472. The SMILES string of the molecule is O=C(O[C@@H]1CCOC1=O)c1cc(-c2ccc(Cl)s2)nc2ccccc12. The number of hydrogen-bond acceptors (Lipinski definition) is 6. The van der Waals surface area contributed by atoms with Crippen LogP contribution in [0.1, 0.15) is 16.8 Å². The summed E-state index contributed by atoms with van der Waals surface area (Å²) in [6.45, 7) is 0.271. The largest absolute Gasteiger partial charge is 0.463 e. The van der Waals surface area contributed by atoms with E-state index < -0.39 is 18.0 Å². The Morgan fingerprint density at radius 3 is 2.84 bits per heavy atom. The average Bonchev–Trinajstić information content (AvgIpc) is 3.22. The highest BCUT2D eigenvalue weighted by atomic mass is 35.5.